The van der Waals surface area contributed by atoms with Crippen LogP contribution in [0.1, 0.15) is 11.5 Å². The van der Waals surface area contributed by atoms with Gasteiger partial charge in [0, 0.05) is 0 Å². The van der Waals surface area contributed by atoms with Gasteiger partial charge in [-0.3, -0.25) is 9.69 Å². The minimum atomic E-state index is -0.956. The molecule has 0 N–H and O–H groups in total. The molecule has 1 aliphatic rings. The summed E-state index contributed by atoms with van der Waals surface area (Å²) in [5, 5.41) is 11.8. The average Bonchev–Trinajstić information content (AvgIpc) is 2.76. The fourth-order valence-corrected chi connectivity index (χ4v) is 2.19. The molecule has 1 heterocycles. The molecule has 0 bridgehead atoms. The van der Waals surface area contributed by atoms with Crippen molar-refractivity contribution in [1.29, 1.82) is 0 Å². The molecule has 0 unspecified atom stereocenters. The smallest absolute Gasteiger partial charge is 0.324 e. The van der Waals surface area contributed by atoms with Crippen LogP contribution in [-0.4, -0.2) is 48.9 Å². The molecule has 2 rings (SSSR count). The first kappa shape index (κ1) is 13.2. The second-order valence-electron chi connectivity index (χ2n) is 4.45. The fraction of sp³-hybridized carbons (Fsp3) is 0.385. The van der Waals surface area contributed by atoms with Crippen LogP contribution >= 0.6 is 0 Å². The molecule has 0 amide bonds. The third-order valence-electron chi connectivity index (χ3n) is 3.03. The van der Waals surface area contributed by atoms with Crippen LogP contribution in [0.25, 0.3) is 0 Å². The first-order valence-electron chi connectivity index (χ1n) is 5.87. The second-order valence-corrected chi connectivity index (χ2v) is 4.45. The van der Waals surface area contributed by atoms with E-state index in [9.17, 15) is 10.0 Å². The number of benzene rings is 1. The molecule has 1 aliphatic heterocycles. The Labute approximate surface area is 111 Å². The van der Waals surface area contributed by atoms with Crippen LogP contribution in [0.2, 0.25) is 0 Å². The topological polar surface area (TPSA) is 64.8 Å². The molecular weight excluding hydrogens is 248 g/mol. The highest BCUT2D eigenvalue weighted by molar-refractivity contribution is 5.92. The number of likely N-dealkylation sites (N-methyl/N-ethyl adjacent to an activating group) is 1. The molecule has 0 fully saturated rings. The van der Waals surface area contributed by atoms with E-state index >= 15 is 0 Å². The van der Waals surface area contributed by atoms with Gasteiger partial charge >= 0.3 is 11.8 Å². The summed E-state index contributed by atoms with van der Waals surface area (Å²) in [6.07, 6.45) is -0.956. The van der Waals surface area contributed by atoms with E-state index in [0.29, 0.717) is 10.7 Å². The molecule has 19 heavy (non-hydrogen) atoms. The van der Waals surface area contributed by atoms with E-state index in [0.717, 1.165) is 5.56 Å². The number of esters is 1. The monoisotopic (exact) mass is 264 g/mol. The molecule has 0 aliphatic carbocycles. The standard InChI is InChI=1S/C13H16N2O4/c1-14(2)12-10(9-7-5-4-6-8-9)11(13(16)18-3)19-15(12)17/h4-8,10-11H,1-3H3/t10-,11-/m1/s1. The maximum absolute atomic E-state index is 11.8. The predicted octanol–water partition coefficient (Wildman–Crippen LogP) is 0.727. The van der Waals surface area contributed by atoms with Crippen LogP contribution in [0.3, 0.4) is 0 Å². The lowest BCUT2D eigenvalue weighted by Gasteiger charge is -2.19. The van der Waals surface area contributed by atoms with E-state index < -0.39 is 18.0 Å². The maximum atomic E-state index is 11.8. The highest BCUT2D eigenvalue weighted by Gasteiger charge is 2.45. The van der Waals surface area contributed by atoms with Crippen molar-refractivity contribution in [3.05, 3.63) is 41.1 Å². The Kier molecular flexibility index (Phi) is 3.59. The molecule has 0 saturated carbocycles. The molecule has 1 aromatic rings. The number of methoxy groups -OCH3 is 1. The highest BCUT2D eigenvalue weighted by atomic mass is 16.9. The van der Waals surface area contributed by atoms with Gasteiger partial charge < -0.3 is 14.8 Å². The predicted molar refractivity (Wildman–Crippen MR) is 68.4 cm³/mol. The number of carbonyl (C=O) groups is 1. The van der Waals surface area contributed by atoms with Gasteiger partial charge in [0.2, 0.25) is 0 Å². The Bertz CT molecular complexity index is 499. The zero-order chi connectivity index (χ0) is 14.0. The lowest BCUT2D eigenvalue weighted by atomic mass is 9.92. The van der Waals surface area contributed by atoms with Crippen molar-refractivity contribution in [2.24, 2.45) is 0 Å². The third kappa shape index (κ3) is 2.33. The number of carbonyl (C=O) groups excluding carboxylic acids is 1. The van der Waals surface area contributed by atoms with Gasteiger partial charge in [-0.05, 0) is 10.5 Å². The van der Waals surface area contributed by atoms with Gasteiger partial charge in [-0.15, -0.1) is 0 Å². The van der Waals surface area contributed by atoms with Crippen molar-refractivity contribution >= 4 is 11.8 Å². The lowest BCUT2D eigenvalue weighted by molar-refractivity contribution is -0.739. The Morgan fingerprint density at radius 1 is 1.37 bits per heavy atom. The first-order valence-corrected chi connectivity index (χ1v) is 5.87. The summed E-state index contributed by atoms with van der Waals surface area (Å²) in [6.45, 7) is 0. The van der Waals surface area contributed by atoms with Gasteiger partial charge in [0.05, 0.1) is 21.2 Å². The average molecular weight is 264 g/mol. The minimum Gasteiger partial charge on any atom is -0.468 e. The van der Waals surface area contributed by atoms with Crippen molar-refractivity contribution in [2.75, 3.05) is 21.2 Å². The number of hydrogen-bond donors (Lipinski definition) is 0. The summed E-state index contributed by atoms with van der Waals surface area (Å²) in [7, 11) is 4.74. The summed E-state index contributed by atoms with van der Waals surface area (Å²) in [5.74, 6) is -0.658. The Balaban J connectivity index is 2.44. The van der Waals surface area contributed by atoms with Crippen molar-refractivity contribution < 1.29 is 19.3 Å². The number of nitrogens with zero attached hydrogens (tertiary/aromatic N) is 2. The quantitative estimate of drug-likeness (QED) is 0.582. The lowest BCUT2D eigenvalue weighted by Crippen LogP contribution is -2.35. The van der Waals surface area contributed by atoms with Gasteiger partial charge in [0.25, 0.3) is 0 Å². The number of rotatable bonds is 2. The molecule has 0 spiro atoms. The zero-order valence-electron chi connectivity index (χ0n) is 11.1. The third-order valence-corrected chi connectivity index (χ3v) is 3.03. The van der Waals surface area contributed by atoms with E-state index in [2.05, 4.69) is 0 Å². The van der Waals surface area contributed by atoms with Crippen LogP contribution in [0, 0.1) is 5.21 Å². The fourth-order valence-electron chi connectivity index (χ4n) is 2.19. The maximum Gasteiger partial charge on any atom is 0.324 e. The van der Waals surface area contributed by atoms with Crippen LogP contribution < -0.4 is 0 Å². The van der Waals surface area contributed by atoms with Crippen LogP contribution in [0.15, 0.2) is 30.3 Å². The van der Waals surface area contributed by atoms with E-state index in [1.54, 1.807) is 19.0 Å². The number of hydrogen-bond acceptors (Lipinski definition) is 5. The Morgan fingerprint density at radius 2 is 2.00 bits per heavy atom. The van der Waals surface area contributed by atoms with Gasteiger partial charge in [-0.1, -0.05) is 30.3 Å². The van der Waals surface area contributed by atoms with Crippen molar-refractivity contribution in [1.82, 2.24) is 4.90 Å². The molecule has 6 nitrogen and oxygen atoms in total. The van der Waals surface area contributed by atoms with Gasteiger partial charge in [0.1, 0.15) is 5.92 Å². The van der Waals surface area contributed by atoms with Gasteiger partial charge in [-0.25, -0.2) is 0 Å². The van der Waals surface area contributed by atoms with Crippen molar-refractivity contribution in [3.8, 4) is 0 Å². The van der Waals surface area contributed by atoms with E-state index in [1.807, 2.05) is 30.3 Å². The summed E-state index contributed by atoms with van der Waals surface area (Å²) >= 11 is 0. The first-order chi connectivity index (χ1) is 9.06. The molecule has 102 valence electrons. The van der Waals surface area contributed by atoms with Crippen molar-refractivity contribution in [2.45, 2.75) is 12.0 Å². The Hall–Kier alpha value is -2.24. The molecule has 0 aromatic heterocycles. The van der Waals surface area contributed by atoms with Crippen molar-refractivity contribution in [3.63, 3.8) is 0 Å². The molecular formula is C13H16N2O4. The Morgan fingerprint density at radius 3 is 2.53 bits per heavy atom. The van der Waals surface area contributed by atoms with Crippen LogP contribution in [0.4, 0.5) is 0 Å². The zero-order valence-corrected chi connectivity index (χ0v) is 11.1. The van der Waals surface area contributed by atoms with Crippen LogP contribution in [0.5, 0.6) is 0 Å². The summed E-state index contributed by atoms with van der Waals surface area (Å²) < 4.78 is 4.70. The van der Waals surface area contributed by atoms with E-state index in [4.69, 9.17) is 9.57 Å². The van der Waals surface area contributed by atoms with Gasteiger partial charge in [0.15, 0.2) is 6.10 Å². The SMILES string of the molecule is COC(=O)[C@@H]1O[N+]([O-])=C(N(C)C)[C@@H]1c1ccccc1. The summed E-state index contributed by atoms with van der Waals surface area (Å²) in [6, 6.07) is 9.28. The van der Waals surface area contributed by atoms with E-state index in [1.165, 1.54) is 7.11 Å². The molecule has 0 radical (unpaired) electrons. The van der Waals surface area contributed by atoms with Gasteiger partial charge in [-0.2, -0.15) is 0 Å². The molecule has 0 saturated heterocycles. The van der Waals surface area contributed by atoms with E-state index in [-0.39, 0.29) is 0 Å². The summed E-state index contributed by atoms with van der Waals surface area (Å²) in [4.78, 5) is 18.9. The second kappa shape index (κ2) is 5.17. The largest absolute Gasteiger partial charge is 0.468 e. The highest BCUT2D eigenvalue weighted by Crippen LogP contribution is 2.30. The molecule has 1 aromatic carbocycles. The minimum absolute atomic E-state index is 0.376. The summed E-state index contributed by atoms with van der Waals surface area (Å²) in [5.41, 5.74) is 0.833. The molecule has 2 atom stereocenters. The normalized spacial score (nSPS) is 22.1. The molecule has 6 heteroatoms. The van der Waals surface area contributed by atoms with Crippen LogP contribution in [-0.2, 0) is 14.4 Å². The number of ether oxygens (including phenoxy) is 1. The number of amidine groups is 1.